The van der Waals surface area contributed by atoms with Crippen LogP contribution in [0.2, 0.25) is 5.02 Å². The maximum Gasteiger partial charge on any atom is 0.384 e. The lowest BCUT2D eigenvalue weighted by Gasteiger charge is -2.15. The maximum atomic E-state index is 12.9. The average Bonchev–Trinajstić information content (AvgIpc) is 2.94. The van der Waals surface area contributed by atoms with Crippen molar-refractivity contribution in [3.63, 3.8) is 0 Å². The summed E-state index contributed by atoms with van der Waals surface area (Å²) in [5, 5.41) is 17.9. The summed E-state index contributed by atoms with van der Waals surface area (Å²) < 4.78 is 23.4. The summed E-state index contributed by atoms with van der Waals surface area (Å²) in [5.41, 5.74) is 0.386. The highest BCUT2D eigenvalue weighted by Crippen LogP contribution is 2.50. The number of aromatic amines is 1. The minimum atomic E-state index is -3.79. The summed E-state index contributed by atoms with van der Waals surface area (Å²) in [5.74, 6) is -0.387. The summed E-state index contributed by atoms with van der Waals surface area (Å²) >= 11 is 5.84. The number of halogens is 1. The van der Waals surface area contributed by atoms with Gasteiger partial charge in [0.05, 0.1) is 13.2 Å². The minimum absolute atomic E-state index is 0.0666. The lowest BCUT2D eigenvalue weighted by Crippen LogP contribution is -2.14. The van der Waals surface area contributed by atoms with Crippen LogP contribution in [0, 0.1) is 10.1 Å². The van der Waals surface area contributed by atoms with Crippen LogP contribution in [0.15, 0.2) is 24.3 Å². The molecular weight excluding hydrogens is 345 g/mol. The molecule has 10 heteroatoms. The number of nitrogens with zero attached hydrogens (tertiary/aromatic N) is 2. The van der Waals surface area contributed by atoms with Crippen LogP contribution in [0.5, 0.6) is 0 Å². The van der Waals surface area contributed by atoms with Crippen LogP contribution in [0.25, 0.3) is 11.1 Å². The highest BCUT2D eigenvalue weighted by molar-refractivity contribution is 7.62. The molecule has 0 fully saturated rings. The summed E-state index contributed by atoms with van der Waals surface area (Å²) in [6, 6.07) is 6.30. The Hall–Kier alpha value is -1.73. The van der Waals surface area contributed by atoms with Gasteiger partial charge in [-0.15, -0.1) is 5.10 Å². The summed E-state index contributed by atoms with van der Waals surface area (Å²) in [4.78, 5) is 10.6. The molecule has 2 aromatic rings. The van der Waals surface area contributed by atoms with E-state index in [1.54, 1.807) is 38.1 Å². The molecule has 0 aliphatic carbocycles. The SMILES string of the molecule is CCOP(=O)(OCC)c1n[nH]c([N+](=O)[O-])c1-c1ccc(Cl)cc1. The van der Waals surface area contributed by atoms with Gasteiger partial charge in [0.2, 0.25) is 5.44 Å². The van der Waals surface area contributed by atoms with Crippen molar-refractivity contribution in [2.45, 2.75) is 13.8 Å². The van der Waals surface area contributed by atoms with E-state index in [9.17, 15) is 14.7 Å². The Morgan fingerprint density at radius 1 is 1.26 bits per heavy atom. The first kappa shape index (κ1) is 17.6. The summed E-state index contributed by atoms with van der Waals surface area (Å²) in [7, 11) is -3.79. The Bertz CT molecular complexity index is 737. The monoisotopic (exact) mass is 359 g/mol. The van der Waals surface area contributed by atoms with Crippen LogP contribution in [-0.4, -0.2) is 28.3 Å². The minimum Gasteiger partial charge on any atom is -0.358 e. The molecule has 1 aromatic heterocycles. The van der Waals surface area contributed by atoms with Gasteiger partial charge in [-0.2, -0.15) is 0 Å². The van der Waals surface area contributed by atoms with E-state index in [0.29, 0.717) is 10.6 Å². The van der Waals surface area contributed by atoms with Gasteiger partial charge >= 0.3 is 13.4 Å². The van der Waals surface area contributed by atoms with Crippen molar-refractivity contribution in [3.05, 3.63) is 39.4 Å². The fourth-order valence-corrected chi connectivity index (χ4v) is 3.84. The molecule has 0 amide bonds. The molecule has 1 heterocycles. The molecule has 0 aliphatic heterocycles. The molecule has 0 saturated carbocycles. The molecule has 0 atom stereocenters. The molecule has 124 valence electrons. The van der Waals surface area contributed by atoms with Gasteiger partial charge in [-0.05, 0) is 36.5 Å². The second kappa shape index (κ2) is 7.23. The van der Waals surface area contributed by atoms with Gasteiger partial charge in [0.1, 0.15) is 5.56 Å². The lowest BCUT2D eigenvalue weighted by molar-refractivity contribution is -0.388. The van der Waals surface area contributed by atoms with Crippen LogP contribution < -0.4 is 5.44 Å². The smallest absolute Gasteiger partial charge is 0.358 e. The number of nitro groups is 1. The quantitative estimate of drug-likeness (QED) is 0.460. The number of H-pyrrole nitrogens is 1. The standard InChI is InChI=1S/C13H15ClN3O5P/c1-3-21-23(20,22-4-2)13-11(12(15-16-13)17(18)19)9-5-7-10(14)8-6-9/h5-8H,3-4H2,1-2H3,(H,15,16). The molecule has 0 radical (unpaired) electrons. The Labute approximate surface area is 137 Å². The number of hydrogen-bond acceptors (Lipinski definition) is 6. The van der Waals surface area contributed by atoms with Crippen LogP contribution >= 0.6 is 19.2 Å². The van der Waals surface area contributed by atoms with Gasteiger partial charge in [0, 0.05) is 5.02 Å². The van der Waals surface area contributed by atoms with E-state index in [0.717, 1.165) is 0 Å². The van der Waals surface area contributed by atoms with Crippen molar-refractivity contribution >= 4 is 30.4 Å². The molecule has 2 rings (SSSR count). The molecule has 0 bridgehead atoms. The van der Waals surface area contributed by atoms with Crippen LogP contribution in [0.1, 0.15) is 13.8 Å². The first-order valence-corrected chi connectivity index (χ1v) is 8.73. The van der Waals surface area contributed by atoms with E-state index < -0.39 is 12.5 Å². The number of rotatable bonds is 7. The highest BCUT2D eigenvalue weighted by Gasteiger charge is 2.38. The average molecular weight is 360 g/mol. The second-order valence-corrected chi connectivity index (χ2v) is 6.74. The number of nitrogens with one attached hydrogen (secondary N) is 1. The van der Waals surface area contributed by atoms with Crippen molar-refractivity contribution in [1.29, 1.82) is 0 Å². The first-order chi connectivity index (χ1) is 10.9. The Morgan fingerprint density at radius 2 is 1.83 bits per heavy atom. The zero-order valence-electron chi connectivity index (χ0n) is 12.5. The Morgan fingerprint density at radius 3 is 2.30 bits per heavy atom. The van der Waals surface area contributed by atoms with Gasteiger partial charge in [-0.3, -0.25) is 4.57 Å². The van der Waals surface area contributed by atoms with E-state index in [4.69, 9.17) is 20.6 Å². The molecule has 1 N–H and O–H groups in total. The topological polar surface area (TPSA) is 107 Å². The van der Waals surface area contributed by atoms with Gasteiger partial charge in [0.15, 0.2) is 0 Å². The van der Waals surface area contributed by atoms with E-state index in [1.165, 1.54) is 0 Å². The zero-order valence-corrected chi connectivity index (χ0v) is 14.1. The molecule has 23 heavy (non-hydrogen) atoms. The zero-order chi connectivity index (χ0) is 17.0. The van der Waals surface area contributed by atoms with Gasteiger partial charge in [-0.25, -0.2) is 0 Å². The van der Waals surface area contributed by atoms with E-state index in [-0.39, 0.29) is 30.0 Å². The van der Waals surface area contributed by atoms with E-state index in [2.05, 4.69) is 10.2 Å². The number of hydrogen-bond donors (Lipinski definition) is 1. The molecular formula is C13H15ClN3O5P. The Balaban J connectivity index is 2.67. The largest absolute Gasteiger partial charge is 0.384 e. The Kier molecular flexibility index (Phi) is 5.54. The van der Waals surface area contributed by atoms with E-state index in [1.807, 2.05) is 0 Å². The maximum absolute atomic E-state index is 12.9. The summed E-state index contributed by atoms with van der Waals surface area (Å²) in [6.45, 7) is 3.51. The molecule has 0 saturated heterocycles. The third kappa shape index (κ3) is 3.61. The van der Waals surface area contributed by atoms with Crippen molar-refractivity contribution < 1.29 is 18.5 Å². The van der Waals surface area contributed by atoms with Crippen LogP contribution in [0.3, 0.4) is 0 Å². The number of aromatic nitrogens is 2. The van der Waals surface area contributed by atoms with Crippen LogP contribution in [-0.2, 0) is 13.6 Å². The van der Waals surface area contributed by atoms with Crippen molar-refractivity contribution in [3.8, 4) is 11.1 Å². The van der Waals surface area contributed by atoms with E-state index >= 15 is 0 Å². The third-order valence-electron chi connectivity index (χ3n) is 2.90. The fraction of sp³-hybridized carbons (Fsp3) is 0.308. The third-order valence-corrected chi connectivity index (χ3v) is 5.19. The molecule has 1 aromatic carbocycles. The predicted molar refractivity (Wildman–Crippen MR) is 86.2 cm³/mol. The molecule has 0 unspecified atom stereocenters. The van der Waals surface area contributed by atoms with Crippen molar-refractivity contribution in [2.24, 2.45) is 0 Å². The normalized spacial score (nSPS) is 11.6. The van der Waals surface area contributed by atoms with Gasteiger partial charge < -0.3 is 19.2 Å². The van der Waals surface area contributed by atoms with Crippen LogP contribution in [0.4, 0.5) is 5.82 Å². The molecule has 0 spiro atoms. The van der Waals surface area contributed by atoms with Gasteiger partial charge in [0.25, 0.3) is 0 Å². The fourth-order valence-electron chi connectivity index (χ4n) is 2.04. The lowest BCUT2D eigenvalue weighted by atomic mass is 10.1. The predicted octanol–water partition coefficient (Wildman–Crippen LogP) is 3.53. The first-order valence-electron chi connectivity index (χ1n) is 6.81. The van der Waals surface area contributed by atoms with Gasteiger partial charge in [-0.1, -0.05) is 28.8 Å². The summed E-state index contributed by atoms with van der Waals surface area (Å²) in [6.07, 6.45) is 0. The highest BCUT2D eigenvalue weighted by atomic mass is 35.5. The van der Waals surface area contributed by atoms with Crippen molar-refractivity contribution in [1.82, 2.24) is 10.2 Å². The van der Waals surface area contributed by atoms with Crippen molar-refractivity contribution in [2.75, 3.05) is 13.2 Å². The second-order valence-electron chi connectivity index (χ2n) is 4.37. The molecule has 8 nitrogen and oxygen atoms in total. The molecule has 0 aliphatic rings. The number of benzene rings is 1.